The molecule has 0 spiro atoms. The Kier molecular flexibility index (Phi) is 5.54. The molecule has 7 nitrogen and oxygen atoms in total. The molecule has 7 heteroatoms. The molecule has 1 aromatic carbocycles. The Morgan fingerprint density at radius 2 is 1.83 bits per heavy atom. The van der Waals surface area contributed by atoms with Gasteiger partial charge in [-0.2, -0.15) is 4.98 Å². The Morgan fingerprint density at radius 1 is 0.967 bits per heavy atom. The summed E-state index contributed by atoms with van der Waals surface area (Å²) in [7, 11) is 0. The summed E-state index contributed by atoms with van der Waals surface area (Å²) in [6, 6.07) is 13.9. The highest BCUT2D eigenvalue weighted by atomic mass is 16.5. The monoisotopic (exact) mass is 403 g/mol. The topological polar surface area (TPSA) is 63.6 Å². The Hall–Kier alpha value is -3.03. The van der Waals surface area contributed by atoms with Crippen molar-refractivity contribution in [1.82, 2.24) is 19.9 Å². The van der Waals surface area contributed by atoms with E-state index in [1.165, 1.54) is 5.56 Å². The third-order valence-electron chi connectivity index (χ3n) is 5.47. The minimum absolute atomic E-state index is 0.656. The van der Waals surface area contributed by atoms with Crippen molar-refractivity contribution in [1.29, 1.82) is 0 Å². The van der Waals surface area contributed by atoms with Crippen molar-refractivity contribution in [3.8, 4) is 11.6 Å². The molecule has 5 rings (SSSR count). The van der Waals surface area contributed by atoms with Gasteiger partial charge in [-0.15, -0.1) is 0 Å². The molecule has 0 aliphatic carbocycles. The average Bonchev–Trinajstić information content (AvgIpc) is 2.81. The molecular weight excluding hydrogens is 378 g/mol. The third-order valence-corrected chi connectivity index (χ3v) is 5.47. The second-order valence-electron chi connectivity index (χ2n) is 7.59. The lowest BCUT2D eigenvalue weighted by molar-refractivity contribution is 0.122. The van der Waals surface area contributed by atoms with Gasteiger partial charge in [-0.1, -0.05) is 24.3 Å². The lowest BCUT2D eigenvalue weighted by Gasteiger charge is -2.31. The quantitative estimate of drug-likeness (QED) is 0.649. The number of benzene rings is 1. The standard InChI is InChI=1S/C23H25N5O2/c1-2-6-19(7-3-1)30-22-20-17-27(16-18-5-4-9-24-15-18)10-8-21(20)25-23(26-22)28-11-13-29-14-12-28/h1-7,9,15H,8,10-14,16-17H2. The van der Waals surface area contributed by atoms with Gasteiger partial charge in [0.1, 0.15) is 5.75 Å². The van der Waals surface area contributed by atoms with Crippen LogP contribution in [-0.2, 0) is 24.2 Å². The van der Waals surface area contributed by atoms with Crippen LogP contribution in [0.3, 0.4) is 0 Å². The fourth-order valence-electron chi connectivity index (χ4n) is 3.90. The van der Waals surface area contributed by atoms with Crippen LogP contribution in [0.2, 0.25) is 0 Å². The zero-order valence-electron chi connectivity index (χ0n) is 16.9. The number of anilines is 1. The van der Waals surface area contributed by atoms with E-state index in [-0.39, 0.29) is 0 Å². The van der Waals surface area contributed by atoms with Crippen LogP contribution in [0.4, 0.5) is 5.95 Å². The summed E-state index contributed by atoms with van der Waals surface area (Å²) in [5.74, 6) is 2.18. The van der Waals surface area contributed by atoms with Crippen molar-refractivity contribution in [3.05, 3.63) is 71.7 Å². The minimum Gasteiger partial charge on any atom is -0.439 e. The summed E-state index contributed by atoms with van der Waals surface area (Å²) in [5, 5.41) is 0. The van der Waals surface area contributed by atoms with Crippen molar-refractivity contribution in [3.63, 3.8) is 0 Å². The first-order valence-electron chi connectivity index (χ1n) is 10.4. The van der Waals surface area contributed by atoms with Crippen LogP contribution in [0.5, 0.6) is 11.6 Å². The Labute approximate surface area is 176 Å². The molecule has 0 saturated carbocycles. The van der Waals surface area contributed by atoms with Gasteiger partial charge in [0, 0.05) is 51.5 Å². The molecule has 4 heterocycles. The molecule has 2 aromatic heterocycles. The molecule has 3 aromatic rings. The van der Waals surface area contributed by atoms with Gasteiger partial charge < -0.3 is 14.4 Å². The fourth-order valence-corrected chi connectivity index (χ4v) is 3.90. The zero-order chi connectivity index (χ0) is 20.2. The first-order chi connectivity index (χ1) is 14.8. The van der Waals surface area contributed by atoms with Gasteiger partial charge in [0.2, 0.25) is 11.8 Å². The van der Waals surface area contributed by atoms with E-state index in [1.54, 1.807) is 0 Å². The minimum atomic E-state index is 0.656. The predicted octanol–water partition coefficient (Wildman–Crippen LogP) is 3.06. The lowest BCUT2D eigenvalue weighted by Crippen LogP contribution is -2.38. The SMILES string of the molecule is c1ccc(Oc2nc(N3CCOCC3)nc3c2CN(Cc2cccnc2)CC3)cc1. The third kappa shape index (κ3) is 4.27. The Bertz CT molecular complexity index is 978. The van der Waals surface area contributed by atoms with Gasteiger partial charge in [-0.05, 0) is 23.8 Å². The number of para-hydroxylation sites is 1. The molecule has 154 valence electrons. The van der Waals surface area contributed by atoms with E-state index >= 15 is 0 Å². The molecule has 2 aliphatic rings. The molecule has 2 aliphatic heterocycles. The van der Waals surface area contributed by atoms with E-state index in [9.17, 15) is 0 Å². The number of morpholine rings is 1. The van der Waals surface area contributed by atoms with Gasteiger partial charge in [-0.25, -0.2) is 4.98 Å². The molecule has 30 heavy (non-hydrogen) atoms. The highest BCUT2D eigenvalue weighted by molar-refractivity contribution is 5.43. The van der Waals surface area contributed by atoms with Gasteiger partial charge in [-0.3, -0.25) is 9.88 Å². The van der Waals surface area contributed by atoms with Gasteiger partial charge in [0.15, 0.2) is 0 Å². The van der Waals surface area contributed by atoms with Crippen LogP contribution in [0.1, 0.15) is 16.8 Å². The molecule has 0 radical (unpaired) electrons. The van der Waals surface area contributed by atoms with Gasteiger partial charge >= 0.3 is 0 Å². The molecule has 1 saturated heterocycles. The van der Waals surface area contributed by atoms with Crippen LogP contribution in [0.15, 0.2) is 54.9 Å². The van der Waals surface area contributed by atoms with E-state index in [0.717, 1.165) is 62.1 Å². The Morgan fingerprint density at radius 3 is 2.63 bits per heavy atom. The number of aromatic nitrogens is 3. The summed E-state index contributed by atoms with van der Waals surface area (Å²) in [6.07, 6.45) is 4.61. The maximum Gasteiger partial charge on any atom is 0.229 e. The number of ether oxygens (including phenoxy) is 2. The van der Waals surface area contributed by atoms with Crippen molar-refractivity contribution >= 4 is 5.95 Å². The van der Waals surface area contributed by atoms with E-state index in [2.05, 4.69) is 20.9 Å². The molecular formula is C23H25N5O2. The summed E-state index contributed by atoms with van der Waals surface area (Å²) < 4.78 is 11.7. The van der Waals surface area contributed by atoms with Crippen LogP contribution < -0.4 is 9.64 Å². The smallest absolute Gasteiger partial charge is 0.229 e. The van der Waals surface area contributed by atoms with Crippen molar-refractivity contribution in [2.24, 2.45) is 0 Å². The number of rotatable bonds is 5. The first kappa shape index (κ1) is 19.0. The van der Waals surface area contributed by atoms with Crippen molar-refractivity contribution < 1.29 is 9.47 Å². The molecule has 1 fully saturated rings. The van der Waals surface area contributed by atoms with Gasteiger partial charge in [0.05, 0.1) is 24.5 Å². The summed E-state index contributed by atoms with van der Waals surface area (Å²) >= 11 is 0. The van der Waals surface area contributed by atoms with E-state index in [0.29, 0.717) is 19.1 Å². The number of nitrogens with zero attached hydrogens (tertiary/aromatic N) is 5. The highest BCUT2D eigenvalue weighted by Gasteiger charge is 2.26. The largest absolute Gasteiger partial charge is 0.439 e. The number of fused-ring (bicyclic) bond motifs is 1. The van der Waals surface area contributed by atoms with E-state index in [1.807, 2.05) is 48.8 Å². The number of hydrogen-bond acceptors (Lipinski definition) is 7. The van der Waals surface area contributed by atoms with Crippen molar-refractivity contribution in [2.45, 2.75) is 19.5 Å². The maximum absolute atomic E-state index is 6.26. The van der Waals surface area contributed by atoms with Crippen LogP contribution >= 0.6 is 0 Å². The number of hydrogen-bond donors (Lipinski definition) is 0. The summed E-state index contributed by atoms with van der Waals surface area (Å²) in [5.41, 5.74) is 3.36. The number of pyridine rings is 1. The molecule has 0 atom stereocenters. The zero-order valence-corrected chi connectivity index (χ0v) is 16.9. The van der Waals surface area contributed by atoms with Crippen LogP contribution in [0.25, 0.3) is 0 Å². The maximum atomic E-state index is 6.26. The predicted molar refractivity (Wildman–Crippen MR) is 114 cm³/mol. The van der Waals surface area contributed by atoms with E-state index in [4.69, 9.17) is 19.4 Å². The van der Waals surface area contributed by atoms with Crippen LogP contribution in [0, 0.1) is 0 Å². The first-order valence-corrected chi connectivity index (χ1v) is 10.4. The van der Waals surface area contributed by atoms with Crippen LogP contribution in [-0.4, -0.2) is 52.7 Å². The van der Waals surface area contributed by atoms with Gasteiger partial charge in [0.25, 0.3) is 0 Å². The Balaban J connectivity index is 1.45. The fraction of sp³-hybridized carbons (Fsp3) is 0.348. The average molecular weight is 403 g/mol. The molecule has 0 amide bonds. The normalized spacial score (nSPS) is 16.9. The summed E-state index contributed by atoms with van der Waals surface area (Å²) in [6.45, 7) is 5.57. The lowest BCUT2D eigenvalue weighted by atomic mass is 10.1. The molecule has 0 N–H and O–H groups in total. The second-order valence-corrected chi connectivity index (χ2v) is 7.59. The van der Waals surface area contributed by atoms with E-state index < -0.39 is 0 Å². The second kappa shape index (κ2) is 8.77. The van der Waals surface area contributed by atoms with Crippen molar-refractivity contribution in [2.75, 3.05) is 37.7 Å². The summed E-state index contributed by atoms with van der Waals surface area (Å²) in [4.78, 5) is 18.6. The molecule has 0 unspecified atom stereocenters. The highest BCUT2D eigenvalue weighted by Crippen LogP contribution is 2.32. The molecule has 0 bridgehead atoms.